The normalized spacial score (nSPS) is 23.5. The fraction of sp³-hybridized carbons (Fsp3) is 0.778. The molecule has 0 N–H and O–H groups in total. The Morgan fingerprint density at radius 1 is 1.36 bits per heavy atom. The van der Waals surface area contributed by atoms with Crippen molar-refractivity contribution in [2.75, 3.05) is 13.6 Å². The molecule has 0 atom stereocenters. The summed E-state index contributed by atoms with van der Waals surface area (Å²) in [6, 6.07) is 0. The van der Waals surface area contributed by atoms with E-state index in [9.17, 15) is 0 Å². The highest BCUT2D eigenvalue weighted by atomic mass is 16.5. The smallest absolute Gasteiger partial charge is 0.120 e. The number of rotatable bonds is 0. The summed E-state index contributed by atoms with van der Waals surface area (Å²) in [5.74, 6) is 1.05. The van der Waals surface area contributed by atoms with Crippen molar-refractivity contribution in [2.45, 2.75) is 33.3 Å². The first kappa shape index (κ1) is 8.44. The monoisotopic (exact) mass is 155 g/mol. The van der Waals surface area contributed by atoms with Crippen LogP contribution < -0.4 is 0 Å². The molecule has 0 spiro atoms. The molecular weight excluding hydrogens is 138 g/mol. The van der Waals surface area contributed by atoms with Gasteiger partial charge < -0.3 is 9.64 Å². The van der Waals surface area contributed by atoms with Gasteiger partial charge in [0.05, 0.1) is 6.54 Å². The molecule has 1 rings (SSSR count). The molecule has 64 valence electrons. The zero-order valence-electron chi connectivity index (χ0n) is 8.06. The molecule has 1 heterocycles. The van der Waals surface area contributed by atoms with Crippen LogP contribution in [0.25, 0.3) is 0 Å². The van der Waals surface area contributed by atoms with E-state index in [-0.39, 0.29) is 5.60 Å². The summed E-state index contributed by atoms with van der Waals surface area (Å²) >= 11 is 0. The predicted octanol–water partition coefficient (Wildman–Crippen LogP) is 1.98. The average molecular weight is 155 g/mol. The first-order valence-electron chi connectivity index (χ1n) is 4.00. The van der Waals surface area contributed by atoms with Gasteiger partial charge in [-0.25, -0.2) is 0 Å². The second kappa shape index (κ2) is 2.43. The molecule has 0 saturated heterocycles. The summed E-state index contributed by atoms with van der Waals surface area (Å²) in [6.07, 6.45) is 0. The lowest BCUT2D eigenvalue weighted by Crippen LogP contribution is -2.42. The van der Waals surface area contributed by atoms with E-state index in [0.717, 1.165) is 12.3 Å². The molecule has 0 bridgehead atoms. The fourth-order valence-corrected chi connectivity index (χ4v) is 1.48. The largest absolute Gasteiger partial charge is 0.489 e. The van der Waals surface area contributed by atoms with Gasteiger partial charge in [-0.15, -0.1) is 0 Å². The summed E-state index contributed by atoms with van der Waals surface area (Å²) in [4.78, 5) is 2.23. The number of nitrogens with zero attached hydrogens (tertiary/aromatic N) is 1. The Bertz CT molecular complexity index is 194. The van der Waals surface area contributed by atoms with E-state index >= 15 is 0 Å². The van der Waals surface area contributed by atoms with Gasteiger partial charge in [-0.05, 0) is 27.7 Å². The van der Waals surface area contributed by atoms with Crippen molar-refractivity contribution < 1.29 is 4.74 Å². The average Bonchev–Trinajstić information content (AvgIpc) is 1.81. The van der Waals surface area contributed by atoms with Crippen molar-refractivity contribution in [1.29, 1.82) is 0 Å². The van der Waals surface area contributed by atoms with Crippen LogP contribution in [0.5, 0.6) is 0 Å². The van der Waals surface area contributed by atoms with Crippen LogP contribution in [0.15, 0.2) is 11.5 Å². The highest BCUT2D eigenvalue weighted by Gasteiger charge is 2.27. The summed E-state index contributed by atoms with van der Waals surface area (Å²) in [7, 11) is 2.10. The van der Waals surface area contributed by atoms with Crippen molar-refractivity contribution in [1.82, 2.24) is 4.90 Å². The molecule has 2 heteroatoms. The third-order valence-corrected chi connectivity index (χ3v) is 2.13. The Kier molecular flexibility index (Phi) is 1.87. The number of hydrogen-bond acceptors (Lipinski definition) is 2. The van der Waals surface area contributed by atoms with Crippen LogP contribution in [-0.2, 0) is 4.74 Å². The van der Waals surface area contributed by atoms with E-state index in [2.05, 4.69) is 32.7 Å². The second-order valence-corrected chi connectivity index (χ2v) is 3.86. The first-order chi connectivity index (χ1) is 4.92. The van der Waals surface area contributed by atoms with Gasteiger partial charge in [0, 0.05) is 12.7 Å². The molecule has 0 unspecified atom stereocenters. The molecule has 0 saturated carbocycles. The van der Waals surface area contributed by atoms with Gasteiger partial charge in [-0.1, -0.05) is 0 Å². The summed E-state index contributed by atoms with van der Waals surface area (Å²) in [6.45, 7) is 9.30. The first-order valence-corrected chi connectivity index (χ1v) is 4.00. The minimum atomic E-state index is -0.0294. The van der Waals surface area contributed by atoms with Gasteiger partial charge in [0.2, 0.25) is 0 Å². The van der Waals surface area contributed by atoms with E-state index in [1.165, 1.54) is 5.70 Å². The van der Waals surface area contributed by atoms with E-state index in [4.69, 9.17) is 4.74 Å². The summed E-state index contributed by atoms with van der Waals surface area (Å²) in [5, 5.41) is 0. The molecule has 0 amide bonds. The molecule has 0 aromatic rings. The van der Waals surface area contributed by atoms with Gasteiger partial charge in [-0.2, -0.15) is 0 Å². The molecule has 0 aromatic carbocycles. The van der Waals surface area contributed by atoms with E-state index < -0.39 is 0 Å². The second-order valence-electron chi connectivity index (χ2n) is 3.86. The zero-order valence-corrected chi connectivity index (χ0v) is 8.06. The van der Waals surface area contributed by atoms with Gasteiger partial charge in [-0.3, -0.25) is 0 Å². The standard InChI is InChI=1S/C9H17NO/c1-7-8(2)11-9(3,4)6-10(7)5/h6H2,1-5H3. The molecule has 1 aliphatic rings. The van der Waals surface area contributed by atoms with Crippen LogP contribution in [0.4, 0.5) is 0 Å². The third-order valence-electron chi connectivity index (χ3n) is 2.13. The third kappa shape index (κ3) is 1.67. The lowest BCUT2D eigenvalue weighted by Gasteiger charge is -2.38. The Morgan fingerprint density at radius 2 is 1.91 bits per heavy atom. The maximum absolute atomic E-state index is 5.69. The van der Waals surface area contributed by atoms with Crippen molar-refractivity contribution in [3.63, 3.8) is 0 Å². The molecule has 0 radical (unpaired) electrons. The van der Waals surface area contributed by atoms with Gasteiger partial charge in [0.15, 0.2) is 0 Å². The maximum Gasteiger partial charge on any atom is 0.120 e. The molecule has 0 aliphatic carbocycles. The molecule has 0 fully saturated rings. The summed E-state index contributed by atoms with van der Waals surface area (Å²) in [5.41, 5.74) is 1.21. The highest BCUT2D eigenvalue weighted by Crippen LogP contribution is 2.25. The number of ether oxygens (including phenoxy) is 1. The van der Waals surface area contributed by atoms with Crippen molar-refractivity contribution >= 4 is 0 Å². The Balaban J connectivity index is 2.85. The molecular formula is C9H17NO. The number of hydrogen-bond donors (Lipinski definition) is 0. The maximum atomic E-state index is 5.69. The van der Waals surface area contributed by atoms with E-state index in [1.54, 1.807) is 0 Å². The van der Waals surface area contributed by atoms with Crippen LogP contribution in [0.1, 0.15) is 27.7 Å². The van der Waals surface area contributed by atoms with Crippen molar-refractivity contribution in [3.8, 4) is 0 Å². The molecule has 2 nitrogen and oxygen atoms in total. The quantitative estimate of drug-likeness (QED) is 0.530. The molecule has 1 aliphatic heterocycles. The Hall–Kier alpha value is -0.660. The lowest BCUT2D eigenvalue weighted by atomic mass is 10.1. The van der Waals surface area contributed by atoms with Crippen molar-refractivity contribution in [2.24, 2.45) is 0 Å². The Morgan fingerprint density at radius 3 is 2.36 bits per heavy atom. The topological polar surface area (TPSA) is 12.5 Å². The number of allylic oxidation sites excluding steroid dienone is 2. The lowest BCUT2D eigenvalue weighted by molar-refractivity contribution is -0.0111. The fourth-order valence-electron chi connectivity index (χ4n) is 1.48. The van der Waals surface area contributed by atoms with Crippen LogP contribution in [0, 0.1) is 0 Å². The Labute approximate surface area is 68.8 Å². The van der Waals surface area contributed by atoms with Gasteiger partial charge >= 0.3 is 0 Å². The van der Waals surface area contributed by atoms with E-state index in [0.29, 0.717) is 0 Å². The zero-order chi connectivity index (χ0) is 8.65. The van der Waals surface area contributed by atoms with Crippen LogP contribution in [0.3, 0.4) is 0 Å². The van der Waals surface area contributed by atoms with Crippen LogP contribution in [0.2, 0.25) is 0 Å². The van der Waals surface area contributed by atoms with Gasteiger partial charge in [0.1, 0.15) is 11.4 Å². The summed E-state index contributed by atoms with van der Waals surface area (Å²) < 4.78 is 5.69. The molecule has 0 aromatic heterocycles. The van der Waals surface area contributed by atoms with Crippen molar-refractivity contribution in [3.05, 3.63) is 11.5 Å². The van der Waals surface area contributed by atoms with Crippen LogP contribution in [-0.4, -0.2) is 24.1 Å². The van der Waals surface area contributed by atoms with Gasteiger partial charge in [0.25, 0.3) is 0 Å². The number of likely N-dealkylation sites (N-methyl/N-ethyl adjacent to an activating group) is 1. The predicted molar refractivity (Wildman–Crippen MR) is 46.2 cm³/mol. The van der Waals surface area contributed by atoms with Crippen LogP contribution >= 0.6 is 0 Å². The minimum Gasteiger partial charge on any atom is -0.489 e. The SMILES string of the molecule is CC1=C(C)N(C)CC(C)(C)O1. The highest BCUT2D eigenvalue weighted by molar-refractivity contribution is 5.07. The molecule has 11 heavy (non-hydrogen) atoms. The minimum absolute atomic E-state index is 0.0294. The van der Waals surface area contributed by atoms with E-state index in [1.807, 2.05) is 6.92 Å².